The number of aromatic amines is 2. The van der Waals surface area contributed by atoms with Gasteiger partial charge in [0.15, 0.2) is 5.69 Å². The Labute approximate surface area is 133 Å². The Bertz CT molecular complexity index is 866. The van der Waals surface area contributed by atoms with E-state index in [9.17, 15) is 9.18 Å². The van der Waals surface area contributed by atoms with Crippen LogP contribution in [0, 0.1) is 5.82 Å². The molecule has 0 atom stereocenters. The maximum absolute atomic E-state index is 13.0. The first kappa shape index (κ1) is 14.4. The topological polar surface area (TPSA) is 73.4 Å². The van der Waals surface area contributed by atoms with Gasteiger partial charge in [0.1, 0.15) is 5.82 Å². The Balaban J connectivity index is 1.97. The molecule has 2 aromatic carbocycles. The molecule has 0 radical (unpaired) electrons. The van der Waals surface area contributed by atoms with Gasteiger partial charge in [-0.05, 0) is 48.5 Å². The number of halogens is 2. The number of nitrogens with zero attached hydrogens (tertiary/aromatic N) is 2. The van der Waals surface area contributed by atoms with Crippen molar-refractivity contribution < 1.29 is 4.39 Å². The average molecular weight is 361 g/mol. The number of hydrogen-bond donors (Lipinski definition) is 2. The van der Waals surface area contributed by atoms with Gasteiger partial charge in [0.25, 0.3) is 5.56 Å². The van der Waals surface area contributed by atoms with E-state index in [-0.39, 0.29) is 17.1 Å². The molecule has 0 saturated heterocycles. The van der Waals surface area contributed by atoms with E-state index in [0.29, 0.717) is 16.9 Å². The molecule has 0 saturated carbocycles. The van der Waals surface area contributed by atoms with Gasteiger partial charge >= 0.3 is 0 Å². The molecule has 1 heterocycles. The number of benzene rings is 2. The molecule has 3 aromatic rings. The second-order valence-electron chi connectivity index (χ2n) is 4.49. The van der Waals surface area contributed by atoms with Crippen LogP contribution in [0.4, 0.5) is 15.8 Å². The predicted molar refractivity (Wildman–Crippen MR) is 85.1 cm³/mol. The smallest absolute Gasteiger partial charge is 0.292 e. The second kappa shape index (κ2) is 6.07. The summed E-state index contributed by atoms with van der Waals surface area (Å²) in [6.07, 6.45) is 0. The lowest BCUT2D eigenvalue weighted by Crippen LogP contribution is -1.96. The summed E-state index contributed by atoms with van der Waals surface area (Å²) < 4.78 is 13.9. The molecule has 0 unspecified atom stereocenters. The van der Waals surface area contributed by atoms with Gasteiger partial charge < -0.3 is 0 Å². The monoisotopic (exact) mass is 360 g/mol. The highest BCUT2D eigenvalue weighted by atomic mass is 79.9. The lowest BCUT2D eigenvalue weighted by molar-refractivity contribution is 0.628. The van der Waals surface area contributed by atoms with E-state index in [2.05, 4.69) is 36.4 Å². The lowest BCUT2D eigenvalue weighted by Gasteiger charge is -1.98. The molecule has 0 spiro atoms. The molecule has 3 rings (SSSR count). The molecule has 2 N–H and O–H groups in total. The fourth-order valence-electron chi connectivity index (χ4n) is 1.89. The van der Waals surface area contributed by atoms with E-state index in [1.165, 1.54) is 12.1 Å². The van der Waals surface area contributed by atoms with Crippen molar-refractivity contribution in [3.63, 3.8) is 0 Å². The lowest BCUT2D eigenvalue weighted by atomic mass is 10.1. The molecule has 7 heteroatoms. The van der Waals surface area contributed by atoms with Gasteiger partial charge in [-0.2, -0.15) is 5.11 Å². The molecular weight excluding hydrogens is 351 g/mol. The van der Waals surface area contributed by atoms with Crippen LogP contribution in [0.2, 0.25) is 0 Å². The molecule has 22 heavy (non-hydrogen) atoms. The van der Waals surface area contributed by atoms with Crippen LogP contribution in [0.25, 0.3) is 11.3 Å². The highest BCUT2D eigenvalue weighted by Crippen LogP contribution is 2.27. The summed E-state index contributed by atoms with van der Waals surface area (Å²) in [5, 5.41) is 13.2. The van der Waals surface area contributed by atoms with Gasteiger partial charge in [-0.25, -0.2) is 4.39 Å². The number of rotatable bonds is 3. The van der Waals surface area contributed by atoms with Crippen molar-refractivity contribution in [2.24, 2.45) is 10.2 Å². The number of aromatic nitrogens is 2. The van der Waals surface area contributed by atoms with Gasteiger partial charge in [0.2, 0.25) is 0 Å². The largest absolute Gasteiger partial charge is 0.295 e. The average Bonchev–Trinajstić information content (AvgIpc) is 2.89. The van der Waals surface area contributed by atoms with E-state index in [1.807, 2.05) is 12.1 Å². The van der Waals surface area contributed by atoms with E-state index < -0.39 is 0 Å². The number of H-pyrrole nitrogens is 2. The first-order chi connectivity index (χ1) is 10.6. The summed E-state index contributed by atoms with van der Waals surface area (Å²) >= 11 is 3.33. The van der Waals surface area contributed by atoms with E-state index in [4.69, 9.17) is 0 Å². The molecule has 1 aromatic heterocycles. The molecule has 0 bridgehead atoms. The maximum Gasteiger partial charge on any atom is 0.292 e. The molecule has 0 aliphatic rings. The summed E-state index contributed by atoms with van der Waals surface area (Å²) in [5.41, 5.74) is 1.49. The maximum atomic E-state index is 13.0. The molecule has 0 aliphatic heterocycles. The Kier molecular flexibility index (Phi) is 3.97. The predicted octanol–water partition coefficient (Wildman–Crippen LogP) is 4.69. The van der Waals surface area contributed by atoms with Crippen LogP contribution in [0.1, 0.15) is 0 Å². The van der Waals surface area contributed by atoms with E-state index >= 15 is 0 Å². The van der Waals surface area contributed by atoms with Crippen LogP contribution >= 0.6 is 15.9 Å². The van der Waals surface area contributed by atoms with Crippen molar-refractivity contribution >= 4 is 27.3 Å². The Morgan fingerprint density at radius 1 is 0.909 bits per heavy atom. The third-order valence-electron chi connectivity index (χ3n) is 2.98. The molecule has 5 nitrogen and oxygen atoms in total. The molecule has 0 fully saturated rings. The summed E-state index contributed by atoms with van der Waals surface area (Å²) in [6.45, 7) is 0. The summed E-state index contributed by atoms with van der Waals surface area (Å²) in [4.78, 5) is 11.8. The van der Waals surface area contributed by atoms with Crippen LogP contribution in [0.15, 0.2) is 68.0 Å². The van der Waals surface area contributed by atoms with Crippen LogP contribution in [0.3, 0.4) is 0 Å². The highest BCUT2D eigenvalue weighted by Gasteiger charge is 2.11. The van der Waals surface area contributed by atoms with Crippen molar-refractivity contribution in [3.05, 3.63) is 69.2 Å². The minimum Gasteiger partial charge on any atom is -0.295 e. The number of hydrogen-bond acceptors (Lipinski definition) is 3. The summed E-state index contributed by atoms with van der Waals surface area (Å²) in [7, 11) is 0. The van der Waals surface area contributed by atoms with Gasteiger partial charge in [-0.1, -0.05) is 15.9 Å². The standard InChI is InChI=1S/C15H10BrFN4O/c16-10-3-7-12(8-4-10)18-20-14-13(19-21-15(14)22)9-1-5-11(17)6-2-9/h1-8H,(H2,19,21,22). The zero-order valence-electron chi connectivity index (χ0n) is 11.2. The quantitative estimate of drug-likeness (QED) is 0.653. The molecule has 0 aliphatic carbocycles. The Morgan fingerprint density at radius 2 is 1.59 bits per heavy atom. The molecule has 110 valence electrons. The first-order valence-electron chi connectivity index (χ1n) is 6.37. The first-order valence-corrected chi connectivity index (χ1v) is 7.17. The molecular formula is C15H10BrFN4O. The Hall–Kier alpha value is -2.54. The second-order valence-corrected chi connectivity index (χ2v) is 5.40. The van der Waals surface area contributed by atoms with Gasteiger partial charge in [0.05, 0.1) is 11.4 Å². The van der Waals surface area contributed by atoms with Crippen molar-refractivity contribution in [2.75, 3.05) is 0 Å². The zero-order valence-corrected chi connectivity index (χ0v) is 12.8. The Morgan fingerprint density at radius 3 is 2.27 bits per heavy atom. The van der Waals surface area contributed by atoms with Crippen molar-refractivity contribution in [2.45, 2.75) is 0 Å². The van der Waals surface area contributed by atoms with Gasteiger partial charge in [-0.3, -0.25) is 15.0 Å². The van der Waals surface area contributed by atoms with Gasteiger partial charge in [-0.15, -0.1) is 5.11 Å². The fraction of sp³-hybridized carbons (Fsp3) is 0. The number of azo groups is 1. The van der Waals surface area contributed by atoms with Crippen LogP contribution < -0.4 is 5.56 Å². The highest BCUT2D eigenvalue weighted by molar-refractivity contribution is 9.10. The minimum absolute atomic E-state index is 0.148. The minimum atomic E-state index is -0.389. The van der Waals surface area contributed by atoms with Crippen molar-refractivity contribution in [3.8, 4) is 11.3 Å². The van der Waals surface area contributed by atoms with Crippen LogP contribution in [-0.4, -0.2) is 10.2 Å². The SMILES string of the molecule is O=c1[nH][nH]c(-c2ccc(F)cc2)c1N=Nc1ccc(Br)cc1. The van der Waals surface area contributed by atoms with Crippen LogP contribution in [0.5, 0.6) is 0 Å². The molecule has 0 amide bonds. The van der Waals surface area contributed by atoms with E-state index in [1.54, 1.807) is 24.3 Å². The normalized spacial score (nSPS) is 11.2. The van der Waals surface area contributed by atoms with Gasteiger partial charge in [0, 0.05) is 10.0 Å². The fourth-order valence-corrected chi connectivity index (χ4v) is 2.15. The third kappa shape index (κ3) is 3.04. The van der Waals surface area contributed by atoms with Crippen molar-refractivity contribution in [1.82, 2.24) is 10.2 Å². The van der Waals surface area contributed by atoms with Crippen molar-refractivity contribution in [1.29, 1.82) is 0 Å². The summed E-state index contributed by atoms with van der Waals surface area (Å²) in [6, 6.07) is 13.0. The summed E-state index contributed by atoms with van der Waals surface area (Å²) in [5.74, 6) is -0.348. The third-order valence-corrected chi connectivity index (χ3v) is 3.51. The number of nitrogens with one attached hydrogen (secondary N) is 2. The van der Waals surface area contributed by atoms with E-state index in [0.717, 1.165) is 4.47 Å². The van der Waals surface area contributed by atoms with Crippen LogP contribution in [-0.2, 0) is 0 Å². The zero-order chi connectivity index (χ0) is 15.5.